The number of hydrogen-bond acceptors (Lipinski definition) is 3. The Hall–Kier alpha value is -1.58. The molecule has 1 amide bonds. The Bertz CT molecular complexity index is 601. The molecular formula is C19H28N2O2. The summed E-state index contributed by atoms with van der Waals surface area (Å²) in [6.45, 7) is 13.9. The molecule has 126 valence electrons. The van der Waals surface area contributed by atoms with E-state index in [-0.39, 0.29) is 11.5 Å². The maximum Gasteiger partial charge on any atom is 0.410 e. The van der Waals surface area contributed by atoms with Crippen LogP contribution >= 0.6 is 0 Å². The number of carbonyl (C=O) groups excluding carboxylic acids is 1. The molecule has 2 unspecified atom stereocenters. The zero-order valence-corrected chi connectivity index (χ0v) is 15.1. The first-order chi connectivity index (χ1) is 10.6. The number of piperidine rings is 1. The fourth-order valence-corrected chi connectivity index (χ4v) is 3.50. The van der Waals surface area contributed by atoms with E-state index < -0.39 is 5.60 Å². The minimum absolute atomic E-state index is 0.0720. The van der Waals surface area contributed by atoms with E-state index in [0.717, 1.165) is 18.8 Å². The highest BCUT2D eigenvalue weighted by atomic mass is 16.6. The van der Waals surface area contributed by atoms with Crippen LogP contribution in [0.3, 0.4) is 0 Å². The first-order valence-electron chi connectivity index (χ1n) is 8.51. The third kappa shape index (κ3) is 3.36. The van der Waals surface area contributed by atoms with Gasteiger partial charge in [0.2, 0.25) is 0 Å². The number of likely N-dealkylation sites (tertiary alicyclic amines) is 1. The molecule has 4 heteroatoms. The number of hydrogen-bond donors (Lipinski definition) is 0. The third-order valence-electron chi connectivity index (χ3n) is 4.73. The second kappa shape index (κ2) is 5.22. The highest BCUT2D eigenvalue weighted by Crippen LogP contribution is 2.57. The summed E-state index contributed by atoms with van der Waals surface area (Å²) in [5.41, 5.74) is 1.98. The van der Waals surface area contributed by atoms with Crippen LogP contribution in [-0.2, 0) is 10.2 Å². The van der Waals surface area contributed by atoms with Gasteiger partial charge in [0.1, 0.15) is 5.60 Å². The van der Waals surface area contributed by atoms with Gasteiger partial charge in [-0.25, -0.2) is 4.79 Å². The van der Waals surface area contributed by atoms with Crippen LogP contribution in [0.5, 0.6) is 0 Å². The van der Waals surface area contributed by atoms with Gasteiger partial charge in [0.05, 0.1) is 0 Å². The second-order valence-electron chi connectivity index (χ2n) is 8.94. The molecule has 23 heavy (non-hydrogen) atoms. The average Bonchev–Trinajstić information content (AvgIpc) is 2.90. The van der Waals surface area contributed by atoms with Gasteiger partial charge >= 0.3 is 6.09 Å². The lowest BCUT2D eigenvalue weighted by Gasteiger charge is -2.26. The smallest absolute Gasteiger partial charge is 0.410 e. The predicted molar refractivity (Wildman–Crippen MR) is 90.5 cm³/mol. The highest BCUT2D eigenvalue weighted by molar-refractivity contribution is 5.69. The Labute approximate surface area is 139 Å². The maximum atomic E-state index is 12.1. The molecule has 0 bridgehead atoms. The molecule has 1 saturated heterocycles. The normalized spacial score (nSPS) is 26.9. The van der Waals surface area contributed by atoms with Crippen molar-refractivity contribution in [3.63, 3.8) is 0 Å². The van der Waals surface area contributed by atoms with E-state index in [4.69, 9.17) is 9.72 Å². The van der Waals surface area contributed by atoms with Gasteiger partial charge in [0.15, 0.2) is 0 Å². The molecule has 4 nitrogen and oxygen atoms in total. The maximum absolute atomic E-state index is 12.1. The number of rotatable bonds is 1. The molecule has 2 heterocycles. The van der Waals surface area contributed by atoms with Crippen molar-refractivity contribution < 1.29 is 9.53 Å². The molecule has 0 N–H and O–H groups in total. The third-order valence-corrected chi connectivity index (χ3v) is 4.73. The molecule has 1 aromatic heterocycles. The summed E-state index contributed by atoms with van der Waals surface area (Å²) < 4.78 is 5.47. The molecule has 0 spiro atoms. The number of pyridine rings is 1. The Kier molecular flexibility index (Phi) is 3.69. The quantitative estimate of drug-likeness (QED) is 0.787. The van der Waals surface area contributed by atoms with Gasteiger partial charge in [-0.15, -0.1) is 0 Å². The summed E-state index contributed by atoms with van der Waals surface area (Å²) >= 11 is 0. The fourth-order valence-electron chi connectivity index (χ4n) is 3.50. The molecule has 1 aliphatic carbocycles. The monoisotopic (exact) mass is 316 g/mol. The lowest BCUT2D eigenvalue weighted by Crippen LogP contribution is -2.36. The number of aromatic nitrogens is 1. The van der Waals surface area contributed by atoms with Gasteiger partial charge in [-0.05, 0) is 44.7 Å². The summed E-state index contributed by atoms with van der Waals surface area (Å²) in [5.74, 6) is 1.60. The van der Waals surface area contributed by atoms with E-state index in [9.17, 15) is 4.79 Å². The molecule has 3 rings (SSSR count). The van der Waals surface area contributed by atoms with Gasteiger partial charge in [-0.1, -0.05) is 26.8 Å². The van der Waals surface area contributed by atoms with Crippen molar-refractivity contribution in [1.82, 2.24) is 9.88 Å². The molecule has 1 aromatic rings. The molecule has 1 saturated carbocycles. The molecule has 0 aromatic carbocycles. The Morgan fingerprint density at radius 2 is 1.74 bits per heavy atom. The first kappa shape index (κ1) is 16.3. The second-order valence-corrected chi connectivity index (χ2v) is 8.94. The lowest BCUT2D eigenvalue weighted by atomic mass is 9.91. The Morgan fingerprint density at radius 1 is 1.13 bits per heavy atom. The Morgan fingerprint density at radius 3 is 2.26 bits per heavy atom. The SMILES string of the molecule is CC(C)(C)OC(=O)N1CC2C(C1)C2c1cccc(C(C)(C)C)n1. The van der Waals surface area contributed by atoms with E-state index >= 15 is 0 Å². The molecule has 1 aliphatic heterocycles. The van der Waals surface area contributed by atoms with Crippen molar-refractivity contribution in [2.45, 2.75) is 58.5 Å². The van der Waals surface area contributed by atoms with E-state index in [1.165, 1.54) is 5.69 Å². The van der Waals surface area contributed by atoms with Gasteiger partial charge in [0, 0.05) is 35.8 Å². The van der Waals surface area contributed by atoms with Gasteiger partial charge in [-0.3, -0.25) is 4.98 Å². The number of nitrogens with zero attached hydrogens (tertiary/aromatic N) is 2. The molecular weight excluding hydrogens is 288 g/mol. The zero-order valence-electron chi connectivity index (χ0n) is 15.1. The van der Waals surface area contributed by atoms with Crippen molar-refractivity contribution >= 4 is 6.09 Å². The zero-order chi connectivity index (χ0) is 17.0. The van der Waals surface area contributed by atoms with Gasteiger partial charge in [-0.2, -0.15) is 0 Å². The standard InChI is InChI=1S/C19H28N2O2/c1-18(2,3)15-9-7-8-14(20-15)16-12-10-21(11-13(12)16)17(22)23-19(4,5)6/h7-9,12-13,16H,10-11H2,1-6H3. The number of amides is 1. The van der Waals surface area contributed by atoms with Crippen molar-refractivity contribution in [3.05, 3.63) is 29.6 Å². The predicted octanol–water partition coefficient (Wildman–Crippen LogP) is 3.96. The van der Waals surface area contributed by atoms with Crippen molar-refractivity contribution in [3.8, 4) is 0 Å². The summed E-state index contributed by atoms with van der Waals surface area (Å²) in [4.78, 5) is 18.9. The van der Waals surface area contributed by atoms with Crippen LogP contribution in [0, 0.1) is 11.8 Å². The number of fused-ring (bicyclic) bond motifs is 1. The largest absolute Gasteiger partial charge is 0.444 e. The van der Waals surface area contributed by atoms with Crippen LogP contribution in [0.4, 0.5) is 4.79 Å². The minimum atomic E-state index is -0.425. The summed E-state index contributed by atoms with van der Waals surface area (Å²) in [7, 11) is 0. The molecule has 2 fully saturated rings. The molecule has 2 aliphatic rings. The van der Waals surface area contributed by atoms with Gasteiger partial charge in [0.25, 0.3) is 0 Å². The Balaban J connectivity index is 1.63. The van der Waals surface area contributed by atoms with Crippen LogP contribution < -0.4 is 0 Å². The van der Waals surface area contributed by atoms with Crippen LogP contribution in [0.1, 0.15) is 58.8 Å². The van der Waals surface area contributed by atoms with Crippen molar-refractivity contribution in [1.29, 1.82) is 0 Å². The van der Waals surface area contributed by atoms with Crippen molar-refractivity contribution in [2.24, 2.45) is 11.8 Å². The minimum Gasteiger partial charge on any atom is -0.444 e. The number of ether oxygens (including phenoxy) is 1. The van der Waals surface area contributed by atoms with E-state index in [2.05, 4.69) is 39.0 Å². The molecule has 2 atom stereocenters. The summed E-state index contributed by atoms with van der Waals surface area (Å²) in [6, 6.07) is 6.35. The van der Waals surface area contributed by atoms with Crippen LogP contribution in [0.15, 0.2) is 18.2 Å². The van der Waals surface area contributed by atoms with Crippen LogP contribution in [0.25, 0.3) is 0 Å². The molecule has 0 radical (unpaired) electrons. The topological polar surface area (TPSA) is 42.4 Å². The van der Waals surface area contributed by atoms with E-state index in [0.29, 0.717) is 17.8 Å². The first-order valence-corrected chi connectivity index (χ1v) is 8.51. The average molecular weight is 316 g/mol. The highest BCUT2D eigenvalue weighted by Gasteiger charge is 2.58. The van der Waals surface area contributed by atoms with E-state index in [1.807, 2.05) is 25.7 Å². The summed E-state index contributed by atoms with van der Waals surface area (Å²) in [6.07, 6.45) is -0.181. The summed E-state index contributed by atoms with van der Waals surface area (Å²) in [5, 5.41) is 0. The lowest BCUT2D eigenvalue weighted by molar-refractivity contribution is 0.0270. The van der Waals surface area contributed by atoms with Crippen molar-refractivity contribution in [2.75, 3.05) is 13.1 Å². The van der Waals surface area contributed by atoms with Crippen LogP contribution in [-0.4, -0.2) is 34.7 Å². The fraction of sp³-hybridized carbons (Fsp3) is 0.684. The van der Waals surface area contributed by atoms with Gasteiger partial charge < -0.3 is 9.64 Å². The number of carbonyl (C=O) groups is 1. The van der Waals surface area contributed by atoms with E-state index in [1.54, 1.807) is 0 Å². The van der Waals surface area contributed by atoms with Crippen LogP contribution in [0.2, 0.25) is 0 Å².